The zero-order valence-corrected chi connectivity index (χ0v) is 16.5. The molecule has 1 aromatic rings. The third-order valence-corrected chi connectivity index (χ3v) is 6.37. The first-order chi connectivity index (χ1) is 14.3. The normalized spacial score (nSPS) is 28.3. The fourth-order valence-corrected chi connectivity index (χ4v) is 4.73. The molecule has 11 heteroatoms. The third-order valence-electron chi connectivity index (χ3n) is 6.37. The summed E-state index contributed by atoms with van der Waals surface area (Å²) in [7, 11) is 1.30. The molecule has 0 aromatic carbocycles. The summed E-state index contributed by atoms with van der Waals surface area (Å²) in [5.41, 5.74) is 2.66. The first-order valence-electron chi connectivity index (χ1n) is 10.00. The number of hydrogen-bond donors (Lipinski definition) is 3. The Balaban J connectivity index is 1.88. The number of rotatable bonds is 6. The predicted octanol–water partition coefficient (Wildman–Crippen LogP) is 0.528. The van der Waals surface area contributed by atoms with Gasteiger partial charge in [0.15, 0.2) is 0 Å². The van der Waals surface area contributed by atoms with Gasteiger partial charge in [-0.15, -0.1) is 0 Å². The molecule has 0 bridgehead atoms. The van der Waals surface area contributed by atoms with Gasteiger partial charge in [-0.05, 0) is 31.7 Å². The van der Waals surface area contributed by atoms with E-state index in [-0.39, 0.29) is 30.8 Å². The fraction of sp³-hybridized carbons (Fsp3) is 0.684. The number of halogens is 3. The number of aromatic amines is 1. The quantitative estimate of drug-likeness (QED) is 0.607. The summed E-state index contributed by atoms with van der Waals surface area (Å²) < 4.78 is 50.3. The Morgan fingerprint density at radius 2 is 2.00 bits per heavy atom. The average molecular weight is 430 g/mol. The Morgan fingerprint density at radius 3 is 2.57 bits per heavy atom. The summed E-state index contributed by atoms with van der Waals surface area (Å²) in [5, 5.41) is 9.33. The highest BCUT2D eigenvalue weighted by Gasteiger charge is 2.48. The van der Waals surface area contributed by atoms with Gasteiger partial charge in [0.1, 0.15) is 11.9 Å². The minimum Gasteiger partial charge on any atom is -0.395 e. The van der Waals surface area contributed by atoms with E-state index in [0.29, 0.717) is 25.8 Å². The van der Waals surface area contributed by atoms with E-state index in [4.69, 9.17) is 10.5 Å². The van der Waals surface area contributed by atoms with Crippen molar-refractivity contribution >= 4 is 5.57 Å². The van der Waals surface area contributed by atoms with Crippen LogP contribution >= 0.6 is 0 Å². The maximum Gasteiger partial charge on any atom is 0.328 e. The standard InChI is InChI=1S/C19H25F3N4O4/c1-30-16-14-12(18(28)24-19(29)26(14)9-2-3-9)11(17(21)22)13(20)15(16)25-5-4-8(6-25)10(23)7-27/h8-10,15-17,27H,2-7,23H2,1H3,(H,24,28,29). The Hall–Kier alpha value is -1.95. The molecule has 2 aliphatic carbocycles. The topological polar surface area (TPSA) is 114 Å². The van der Waals surface area contributed by atoms with Crippen molar-refractivity contribution in [3.05, 3.63) is 37.9 Å². The van der Waals surface area contributed by atoms with Crippen LogP contribution in [0.3, 0.4) is 0 Å². The van der Waals surface area contributed by atoms with Crippen molar-refractivity contribution in [1.29, 1.82) is 0 Å². The lowest BCUT2D eigenvalue weighted by atomic mass is 9.87. The molecule has 166 valence electrons. The summed E-state index contributed by atoms with van der Waals surface area (Å²) in [6.07, 6.45) is -2.47. The van der Waals surface area contributed by atoms with Gasteiger partial charge in [-0.1, -0.05) is 0 Å². The summed E-state index contributed by atoms with van der Waals surface area (Å²) in [6.45, 7) is 0.401. The molecule has 8 nitrogen and oxygen atoms in total. The van der Waals surface area contributed by atoms with Crippen LogP contribution in [-0.4, -0.2) is 64.9 Å². The van der Waals surface area contributed by atoms with Crippen molar-refractivity contribution in [2.75, 3.05) is 26.8 Å². The zero-order chi connectivity index (χ0) is 21.7. The number of hydrogen-bond acceptors (Lipinski definition) is 6. The number of fused-ring (bicyclic) bond motifs is 1. The lowest BCUT2D eigenvalue weighted by Gasteiger charge is -2.39. The fourth-order valence-electron chi connectivity index (χ4n) is 4.73. The van der Waals surface area contributed by atoms with Crippen LogP contribution < -0.4 is 17.0 Å². The van der Waals surface area contributed by atoms with Gasteiger partial charge in [-0.25, -0.2) is 18.0 Å². The molecule has 2 fully saturated rings. The summed E-state index contributed by atoms with van der Waals surface area (Å²) in [4.78, 5) is 28.7. The molecule has 1 aliphatic heterocycles. The maximum atomic E-state index is 15.5. The van der Waals surface area contributed by atoms with Crippen LogP contribution in [0.15, 0.2) is 15.4 Å². The number of likely N-dealkylation sites (tertiary alicyclic amines) is 1. The van der Waals surface area contributed by atoms with Gasteiger partial charge >= 0.3 is 5.69 Å². The molecule has 1 saturated carbocycles. The molecule has 4 N–H and O–H groups in total. The summed E-state index contributed by atoms with van der Waals surface area (Å²) in [5.74, 6) is -1.27. The Labute approximate surface area is 170 Å². The highest BCUT2D eigenvalue weighted by Crippen LogP contribution is 2.46. The predicted molar refractivity (Wildman–Crippen MR) is 102 cm³/mol. The number of aromatic nitrogens is 2. The summed E-state index contributed by atoms with van der Waals surface area (Å²) >= 11 is 0. The number of methoxy groups -OCH3 is 1. The number of nitrogens with one attached hydrogen (secondary N) is 1. The van der Waals surface area contributed by atoms with Crippen LogP contribution in [0.4, 0.5) is 13.2 Å². The van der Waals surface area contributed by atoms with Gasteiger partial charge in [0.2, 0.25) is 0 Å². The molecule has 4 atom stereocenters. The van der Waals surface area contributed by atoms with Crippen molar-refractivity contribution in [3.8, 4) is 0 Å². The number of alkyl halides is 2. The number of nitrogens with two attached hydrogens (primary N) is 1. The monoisotopic (exact) mass is 430 g/mol. The molecule has 1 aromatic heterocycles. The van der Waals surface area contributed by atoms with Crippen molar-refractivity contribution < 1.29 is 23.0 Å². The van der Waals surface area contributed by atoms with E-state index in [1.54, 1.807) is 4.90 Å². The molecule has 2 heterocycles. The van der Waals surface area contributed by atoms with Crippen molar-refractivity contribution in [3.63, 3.8) is 0 Å². The Bertz CT molecular complexity index is 972. The average Bonchev–Trinajstić information content (AvgIpc) is 3.42. The van der Waals surface area contributed by atoms with E-state index in [1.165, 1.54) is 11.7 Å². The lowest BCUT2D eigenvalue weighted by Crippen LogP contribution is -2.48. The van der Waals surface area contributed by atoms with Gasteiger partial charge in [0.05, 0.1) is 29.5 Å². The summed E-state index contributed by atoms with van der Waals surface area (Å²) in [6, 6.07) is -1.97. The first-order valence-corrected chi connectivity index (χ1v) is 10.00. The molecule has 0 amide bonds. The molecule has 4 rings (SSSR count). The highest BCUT2D eigenvalue weighted by atomic mass is 19.3. The van der Waals surface area contributed by atoms with E-state index in [2.05, 4.69) is 4.98 Å². The van der Waals surface area contributed by atoms with Gasteiger partial charge in [-0.2, -0.15) is 0 Å². The number of ether oxygens (including phenoxy) is 1. The van der Waals surface area contributed by atoms with Crippen molar-refractivity contribution in [2.45, 2.75) is 49.9 Å². The molecule has 0 spiro atoms. The van der Waals surface area contributed by atoms with Gasteiger partial charge in [0.25, 0.3) is 12.0 Å². The number of H-pyrrole nitrogens is 1. The van der Waals surface area contributed by atoms with Crippen LogP contribution in [0.2, 0.25) is 0 Å². The van der Waals surface area contributed by atoms with E-state index in [9.17, 15) is 23.5 Å². The number of nitrogens with zero attached hydrogens (tertiary/aromatic N) is 2. The van der Waals surface area contributed by atoms with Crippen molar-refractivity contribution in [1.82, 2.24) is 14.5 Å². The highest BCUT2D eigenvalue weighted by molar-refractivity contribution is 5.74. The smallest absolute Gasteiger partial charge is 0.328 e. The van der Waals surface area contributed by atoms with Crippen LogP contribution in [0.25, 0.3) is 5.57 Å². The van der Waals surface area contributed by atoms with E-state index < -0.39 is 52.8 Å². The van der Waals surface area contributed by atoms with Gasteiger partial charge < -0.3 is 15.6 Å². The van der Waals surface area contributed by atoms with Gasteiger partial charge in [0, 0.05) is 25.7 Å². The number of aliphatic hydroxyl groups is 1. The molecule has 30 heavy (non-hydrogen) atoms. The van der Waals surface area contributed by atoms with Crippen LogP contribution in [0, 0.1) is 5.92 Å². The van der Waals surface area contributed by atoms with Crippen molar-refractivity contribution in [2.24, 2.45) is 11.7 Å². The molecular formula is C19H25F3N4O4. The zero-order valence-electron chi connectivity index (χ0n) is 16.5. The van der Waals surface area contributed by atoms with Crippen LogP contribution in [0.5, 0.6) is 0 Å². The maximum absolute atomic E-state index is 15.5. The number of allylic oxidation sites excluding steroid dienone is 1. The largest absolute Gasteiger partial charge is 0.395 e. The van der Waals surface area contributed by atoms with Crippen LogP contribution in [-0.2, 0) is 4.74 Å². The lowest BCUT2D eigenvalue weighted by molar-refractivity contribution is 0.0162. The van der Waals surface area contributed by atoms with Gasteiger partial charge in [-0.3, -0.25) is 19.2 Å². The minimum atomic E-state index is -3.24. The second-order valence-electron chi connectivity index (χ2n) is 8.17. The SMILES string of the molecule is COC1c2c(c(=O)[nH]c(=O)n2C2CC2)C(C(F)F)=C(F)C1N1CCC(C(N)CO)C1. The molecule has 0 radical (unpaired) electrons. The van der Waals surface area contributed by atoms with E-state index in [0.717, 1.165) is 0 Å². The second-order valence-corrected chi connectivity index (χ2v) is 8.17. The van der Waals surface area contributed by atoms with E-state index in [1.807, 2.05) is 0 Å². The Morgan fingerprint density at radius 1 is 1.30 bits per heavy atom. The molecular weight excluding hydrogens is 405 g/mol. The molecule has 4 unspecified atom stereocenters. The number of aliphatic hydroxyl groups excluding tert-OH is 1. The third kappa shape index (κ3) is 3.33. The van der Waals surface area contributed by atoms with Crippen LogP contribution in [0.1, 0.15) is 42.7 Å². The Kier molecular flexibility index (Phi) is 5.64. The molecule has 1 saturated heterocycles. The van der Waals surface area contributed by atoms with E-state index >= 15 is 4.39 Å². The minimum absolute atomic E-state index is 0.00496. The first kappa shape index (κ1) is 21.3. The second kappa shape index (κ2) is 7.95. The molecule has 3 aliphatic rings.